The van der Waals surface area contributed by atoms with Gasteiger partial charge in [0, 0.05) is 11.6 Å². The lowest BCUT2D eigenvalue weighted by Gasteiger charge is -2.09. The molecule has 98 valence electrons. The minimum atomic E-state index is 0.623. The highest BCUT2D eigenvalue weighted by Crippen LogP contribution is 2.49. The number of hydrogen-bond donors (Lipinski definition) is 1. The lowest BCUT2D eigenvalue weighted by molar-refractivity contribution is 0.766. The SMILES string of the molecule is ClNCC1CC1c1ccccc1-c1ccc(Cl)cc1. The van der Waals surface area contributed by atoms with Crippen molar-refractivity contribution in [2.75, 3.05) is 6.54 Å². The molecule has 2 aromatic carbocycles. The molecule has 0 aliphatic heterocycles. The van der Waals surface area contributed by atoms with E-state index in [1.807, 2.05) is 12.1 Å². The molecule has 0 saturated heterocycles. The molecule has 19 heavy (non-hydrogen) atoms. The summed E-state index contributed by atoms with van der Waals surface area (Å²) in [5.41, 5.74) is 3.95. The Labute approximate surface area is 123 Å². The quantitative estimate of drug-likeness (QED) is 0.794. The van der Waals surface area contributed by atoms with Crippen molar-refractivity contribution < 1.29 is 0 Å². The van der Waals surface area contributed by atoms with Crippen LogP contribution < -0.4 is 4.84 Å². The number of nitrogens with one attached hydrogen (secondary N) is 1. The van der Waals surface area contributed by atoms with E-state index in [0.717, 1.165) is 11.6 Å². The van der Waals surface area contributed by atoms with E-state index in [0.29, 0.717) is 11.8 Å². The Morgan fingerprint density at radius 1 is 1.05 bits per heavy atom. The average molecular weight is 292 g/mol. The van der Waals surface area contributed by atoms with E-state index in [-0.39, 0.29) is 0 Å². The van der Waals surface area contributed by atoms with Gasteiger partial charge in [0.25, 0.3) is 0 Å². The summed E-state index contributed by atoms with van der Waals surface area (Å²) in [6.45, 7) is 0.876. The molecule has 1 saturated carbocycles. The predicted octanol–water partition coefficient (Wildman–Crippen LogP) is 4.85. The maximum absolute atomic E-state index is 5.96. The standard InChI is InChI=1S/C16H15Cl2N/c17-13-7-5-11(6-8-13)14-3-1-2-4-15(14)16-9-12(16)10-19-18/h1-8,12,16,19H,9-10H2. The van der Waals surface area contributed by atoms with E-state index in [9.17, 15) is 0 Å². The molecule has 2 atom stereocenters. The zero-order valence-electron chi connectivity index (χ0n) is 10.4. The molecular weight excluding hydrogens is 277 g/mol. The summed E-state index contributed by atoms with van der Waals surface area (Å²) in [7, 11) is 0. The fraction of sp³-hybridized carbons (Fsp3) is 0.250. The van der Waals surface area contributed by atoms with Gasteiger partial charge in [0.1, 0.15) is 0 Å². The molecule has 0 amide bonds. The molecule has 1 aliphatic rings. The third-order valence-electron chi connectivity index (χ3n) is 3.78. The van der Waals surface area contributed by atoms with Crippen molar-refractivity contribution in [3.05, 3.63) is 59.1 Å². The zero-order chi connectivity index (χ0) is 13.2. The molecule has 1 nitrogen and oxygen atoms in total. The van der Waals surface area contributed by atoms with E-state index < -0.39 is 0 Å². The number of rotatable bonds is 4. The zero-order valence-corrected chi connectivity index (χ0v) is 12.0. The molecule has 1 aliphatic carbocycles. The van der Waals surface area contributed by atoms with Crippen LogP contribution in [0.3, 0.4) is 0 Å². The van der Waals surface area contributed by atoms with Crippen molar-refractivity contribution in [2.45, 2.75) is 12.3 Å². The topological polar surface area (TPSA) is 12.0 Å². The molecule has 3 rings (SSSR count). The summed E-state index contributed by atoms with van der Waals surface area (Å²) in [4.78, 5) is 2.75. The Morgan fingerprint density at radius 3 is 2.53 bits per heavy atom. The summed E-state index contributed by atoms with van der Waals surface area (Å²) in [5, 5.41) is 0.775. The van der Waals surface area contributed by atoms with Gasteiger partial charge in [-0.05, 0) is 58.9 Å². The average Bonchev–Trinajstić information content (AvgIpc) is 3.19. The summed E-state index contributed by atoms with van der Waals surface area (Å²) < 4.78 is 0. The van der Waals surface area contributed by atoms with Gasteiger partial charge in [-0.25, -0.2) is 4.84 Å². The van der Waals surface area contributed by atoms with Crippen molar-refractivity contribution in [3.8, 4) is 11.1 Å². The summed E-state index contributed by atoms with van der Waals surface area (Å²) in [5.74, 6) is 1.28. The fourth-order valence-electron chi connectivity index (χ4n) is 2.67. The monoisotopic (exact) mass is 291 g/mol. The van der Waals surface area contributed by atoms with E-state index in [1.165, 1.54) is 23.1 Å². The third-order valence-corrected chi connectivity index (χ3v) is 4.18. The van der Waals surface area contributed by atoms with Crippen LogP contribution >= 0.6 is 23.4 Å². The van der Waals surface area contributed by atoms with Crippen LogP contribution in [0, 0.1) is 5.92 Å². The van der Waals surface area contributed by atoms with Gasteiger partial charge in [0.2, 0.25) is 0 Å². The molecule has 2 aromatic rings. The summed E-state index contributed by atoms with van der Waals surface area (Å²) >= 11 is 11.6. The van der Waals surface area contributed by atoms with Crippen LogP contribution in [-0.4, -0.2) is 6.54 Å². The Bertz CT molecular complexity index is 565. The first kappa shape index (κ1) is 13.0. The molecule has 1 fully saturated rings. The van der Waals surface area contributed by atoms with Crippen molar-refractivity contribution >= 4 is 23.4 Å². The first-order chi connectivity index (χ1) is 9.29. The van der Waals surface area contributed by atoms with Crippen molar-refractivity contribution in [1.29, 1.82) is 0 Å². The lowest BCUT2D eigenvalue weighted by Crippen LogP contribution is -2.04. The van der Waals surface area contributed by atoms with Crippen LogP contribution in [0.4, 0.5) is 0 Å². The van der Waals surface area contributed by atoms with Crippen molar-refractivity contribution in [3.63, 3.8) is 0 Å². The highest BCUT2D eigenvalue weighted by Gasteiger charge is 2.38. The maximum atomic E-state index is 5.96. The molecule has 0 aromatic heterocycles. The van der Waals surface area contributed by atoms with Gasteiger partial charge >= 0.3 is 0 Å². The maximum Gasteiger partial charge on any atom is 0.0406 e. The van der Waals surface area contributed by atoms with Crippen LogP contribution in [0.1, 0.15) is 17.9 Å². The molecule has 0 heterocycles. The minimum Gasteiger partial charge on any atom is -0.233 e. The molecular formula is C16H15Cl2N. The largest absolute Gasteiger partial charge is 0.233 e. The van der Waals surface area contributed by atoms with E-state index in [1.54, 1.807) is 0 Å². The van der Waals surface area contributed by atoms with E-state index in [2.05, 4.69) is 41.2 Å². The van der Waals surface area contributed by atoms with E-state index >= 15 is 0 Å². The van der Waals surface area contributed by atoms with Crippen molar-refractivity contribution in [2.24, 2.45) is 5.92 Å². The molecule has 2 unspecified atom stereocenters. The molecule has 3 heteroatoms. The smallest absolute Gasteiger partial charge is 0.0406 e. The first-order valence-electron chi connectivity index (χ1n) is 6.48. The number of halogens is 2. The second-order valence-corrected chi connectivity index (χ2v) is 5.74. The third kappa shape index (κ3) is 2.79. The predicted molar refractivity (Wildman–Crippen MR) is 81.6 cm³/mol. The lowest BCUT2D eigenvalue weighted by atomic mass is 9.96. The van der Waals surface area contributed by atoms with Crippen LogP contribution in [0.5, 0.6) is 0 Å². The van der Waals surface area contributed by atoms with Gasteiger partial charge in [-0.3, -0.25) is 0 Å². The molecule has 1 N–H and O–H groups in total. The number of benzene rings is 2. The van der Waals surface area contributed by atoms with Gasteiger partial charge in [-0.15, -0.1) is 0 Å². The molecule has 0 bridgehead atoms. The summed E-state index contributed by atoms with van der Waals surface area (Å²) in [6, 6.07) is 16.7. The van der Waals surface area contributed by atoms with Crippen LogP contribution in [-0.2, 0) is 0 Å². The van der Waals surface area contributed by atoms with Crippen molar-refractivity contribution in [1.82, 2.24) is 4.84 Å². The Morgan fingerprint density at radius 2 is 1.79 bits per heavy atom. The van der Waals surface area contributed by atoms with Crippen LogP contribution in [0.15, 0.2) is 48.5 Å². The van der Waals surface area contributed by atoms with E-state index in [4.69, 9.17) is 23.4 Å². The normalized spacial score (nSPS) is 21.4. The van der Waals surface area contributed by atoms with Gasteiger partial charge in [-0.1, -0.05) is 48.0 Å². The highest BCUT2D eigenvalue weighted by atomic mass is 35.5. The Hall–Kier alpha value is -1.02. The van der Waals surface area contributed by atoms with Crippen LogP contribution in [0.25, 0.3) is 11.1 Å². The Kier molecular flexibility index (Phi) is 3.79. The summed E-state index contributed by atoms with van der Waals surface area (Å²) in [6.07, 6.45) is 1.21. The van der Waals surface area contributed by atoms with Gasteiger partial charge in [0.15, 0.2) is 0 Å². The fourth-order valence-corrected chi connectivity index (χ4v) is 2.99. The minimum absolute atomic E-state index is 0.623. The van der Waals surface area contributed by atoms with Gasteiger partial charge in [0.05, 0.1) is 0 Å². The second kappa shape index (κ2) is 5.54. The second-order valence-electron chi connectivity index (χ2n) is 5.03. The Balaban J connectivity index is 1.92. The van der Waals surface area contributed by atoms with Crippen LogP contribution in [0.2, 0.25) is 5.02 Å². The molecule has 0 radical (unpaired) electrons. The molecule has 0 spiro atoms. The first-order valence-corrected chi connectivity index (χ1v) is 7.23. The number of hydrogen-bond acceptors (Lipinski definition) is 1. The highest BCUT2D eigenvalue weighted by molar-refractivity contribution is 6.30. The van der Waals surface area contributed by atoms with Gasteiger partial charge in [-0.2, -0.15) is 0 Å². The van der Waals surface area contributed by atoms with Gasteiger partial charge < -0.3 is 0 Å².